The molecular weight excluding hydrogens is 408 g/mol. The minimum Gasteiger partial charge on any atom is -0.507 e. The number of anilines is 1. The van der Waals surface area contributed by atoms with E-state index >= 15 is 8.78 Å². The van der Waals surface area contributed by atoms with Gasteiger partial charge in [-0.3, -0.25) is 4.79 Å². The Kier molecular flexibility index (Phi) is 3.24. The molecule has 2 aromatic heterocycles. The molecule has 0 spiro atoms. The van der Waals surface area contributed by atoms with Crippen LogP contribution >= 0.6 is 0 Å². The summed E-state index contributed by atoms with van der Waals surface area (Å²) in [7, 11) is 0. The number of benzene rings is 1. The number of hydrogen-bond acceptors (Lipinski definition) is 8. The van der Waals surface area contributed by atoms with Crippen molar-refractivity contribution in [2.24, 2.45) is 6.98 Å². The topological polar surface area (TPSA) is 109 Å². The van der Waals surface area contributed by atoms with Gasteiger partial charge in [-0.2, -0.15) is 5.10 Å². The molecule has 0 aliphatic carbocycles. The fourth-order valence-corrected chi connectivity index (χ4v) is 4.26. The zero-order valence-electron chi connectivity index (χ0n) is 21.9. The van der Waals surface area contributed by atoms with E-state index in [0.29, 0.717) is 22.4 Å². The standard InChI is InChI=1S/C20H21F2N7O2/c1-28(18-16(21)12-3-4-13(25-12)17(18)22)15-8-23-19(27-26-15)11-5-9-7-24-29(2)20(31)10(9)6-14(11)30/h5-8,12-13,16-18,25,30H,3-4H2,1-2H3/t12?,13?,16-,17+,18?/i1D3,2D3. The molecule has 2 aliphatic rings. The number of phenolic OH excluding ortho intramolecular Hbond substituents is 1. The maximum Gasteiger partial charge on any atom is 0.274 e. The van der Waals surface area contributed by atoms with E-state index < -0.39 is 55.7 Å². The molecule has 3 unspecified atom stereocenters. The van der Waals surface area contributed by atoms with Crippen molar-refractivity contribution in [3.8, 4) is 17.1 Å². The van der Waals surface area contributed by atoms with E-state index in [-0.39, 0.29) is 28.0 Å². The first-order chi connectivity index (χ1) is 17.3. The molecule has 9 nitrogen and oxygen atoms in total. The lowest BCUT2D eigenvalue weighted by Gasteiger charge is -2.40. The molecular formula is C20H21F2N7O2. The van der Waals surface area contributed by atoms with Crippen LogP contribution in [0.5, 0.6) is 5.75 Å². The molecule has 3 aromatic rings. The lowest BCUT2D eigenvalue weighted by atomic mass is 9.94. The van der Waals surface area contributed by atoms with Gasteiger partial charge in [0, 0.05) is 39.6 Å². The van der Waals surface area contributed by atoms with Crippen LogP contribution in [0.1, 0.15) is 21.1 Å². The van der Waals surface area contributed by atoms with Crippen LogP contribution in [0.4, 0.5) is 14.6 Å². The fourth-order valence-electron chi connectivity index (χ4n) is 4.26. The summed E-state index contributed by atoms with van der Waals surface area (Å²) in [6.07, 6.45) is -0.745. The third-order valence-corrected chi connectivity index (χ3v) is 5.88. The third kappa shape index (κ3) is 3.11. The first-order valence-corrected chi connectivity index (χ1v) is 9.56. The molecule has 4 heterocycles. The number of aromatic nitrogens is 5. The zero-order valence-corrected chi connectivity index (χ0v) is 15.9. The number of phenols is 1. The molecule has 2 aliphatic heterocycles. The van der Waals surface area contributed by atoms with E-state index in [1.54, 1.807) is 0 Å². The number of rotatable bonds is 3. The summed E-state index contributed by atoms with van der Waals surface area (Å²) in [5.41, 5.74) is -0.953. The highest BCUT2D eigenvalue weighted by molar-refractivity contribution is 5.88. The van der Waals surface area contributed by atoms with Crippen LogP contribution < -0.4 is 15.8 Å². The molecule has 5 rings (SSSR count). The van der Waals surface area contributed by atoms with E-state index in [4.69, 9.17) is 8.22 Å². The summed E-state index contributed by atoms with van der Waals surface area (Å²) in [4.78, 5) is 17.1. The van der Waals surface area contributed by atoms with Crippen LogP contribution in [0.25, 0.3) is 22.2 Å². The molecule has 2 saturated heterocycles. The highest BCUT2D eigenvalue weighted by Crippen LogP contribution is 2.35. The van der Waals surface area contributed by atoms with Gasteiger partial charge in [0.1, 0.15) is 18.1 Å². The molecule has 2 bridgehead atoms. The van der Waals surface area contributed by atoms with Crippen molar-refractivity contribution < 1.29 is 22.1 Å². The monoisotopic (exact) mass is 435 g/mol. The van der Waals surface area contributed by atoms with Crippen molar-refractivity contribution in [1.29, 1.82) is 0 Å². The predicted molar refractivity (Wildman–Crippen MR) is 109 cm³/mol. The van der Waals surface area contributed by atoms with Gasteiger partial charge in [0.05, 0.1) is 29.4 Å². The minimum atomic E-state index is -2.95. The van der Waals surface area contributed by atoms with E-state index in [0.717, 1.165) is 18.5 Å². The van der Waals surface area contributed by atoms with Gasteiger partial charge < -0.3 is 15.3 Å². The molecule has 0 saturated carbocycles. The Hall–Kier alpha value is -3.21. The summed E-state index contributed by atoms with van der Waals surface area (Å²) >= 11 is 0. The van der Waals surface area contributed by atoms with E-state index in [1.807, 2.05) is 0 Å². The van der Waals surface area contributed by atoms with Crippen LogP contribution in [-0.2, 0) is 6.98 Å². The van der Waals surface area contributed by atoms with E-state index in [9.17, 15) is 9.90 Å². The summed E-state index contributed by atoms with van der Waals surface area (Å²) in [6.45, 7) is -5.77. The van der Waals surface area contributed by atoms with Crippen molar-refractivity contribution >= 4 is 16.6 Å². The normalized spacial score (nSPS) is 31.2. The Bertz CT molecular complexity index is 1390. The van der Waals surface area contributed by atoms with Gasteiger partial charge in [-0.1, -0.05) is 0 Å². The van der Waals surface area contributed by atoms with Gasteiger partial charge in [-0.25, -0.2) is 18.4 Å². The molecule has 0 amide bonds. The molecule has 11 heteroatoms. The maximum atomic E-state index is 15.2. The van der Waals surface area contributed by atoms with Gasteiger partial charge >= 0.3 is 0 Å². The Morgan fingerprint density at radius 3 is 2.65 bits per heavy atom. The lowest BCUT2D eigenvalue weighted by Crippen LogP contribution is -2.62. The number of alkyl halides is 2. The van der Waals surface area contributed by atoms with Crippen LogP contribution in [0.2, 0.25) is 0 Å². The average molecular weight is 435 g/mol. The summed E-state index contributed by atoms with van der Waals surface area (Å²) < 4.78 is 76.6. The van der Waals surface area contributed by atoms with Gasteiger partial charge in [-0.05, 0) is 25.0 Å². The van der Waals surface area contributed by atoms with Crippen LogP contribution in [0.15, 0.2) is 29.3 Å². The van der Waals surface area contributed by atoms with Gasteiger partial charge in [-0.15, -0.1) is 10.2 Å². The number of aromatic hydroxyl groups is 1. The Morgan fingerprint density at radius 1 is 1.23 bits per heavy atom. The predicted octanol–water partition coefficient (Wildman–Crippen LogP) is 1.11. The second kappa shape index (κ2) is 7.19. The first kappa shape index (κ1) is 14.0. The third-order valence-electron chi connectivity index (χ3n) is 5.88. The summed E-state index contributed by atoms with van der Waals surface area (Å²) in [6, 6.07) is -0.653. The molecule has 5 atom stereocenters. The van der Waals surface area contributed by atoms with Crippen molar-refractivity contribution in [1.82, 2.24) is 30.3 Å². The average Bonchev–Trinajstić information content (AvgIpc) is 3.27. The number of aryl methyl sites for hydroxylation is 1. The number of piperidine rings is 1. The number of fused-ring (bicyclic) bond motifs is 3. The highest BCUT2D eigenvalue weighted by atomic mass is 19.1. The Balaban J connectivity index is 1.52. The van der Waals surface area contributed by atoms with E-state index in [2.05, 4.69) is 25.6 Å². The van der Waals surface area contributed by atoms with Crippen LogP contribution in [-0.4, -0.2) is 67.5 Å². The molecule has 2 fully saturated rings. The number of nitrogens with one attached hydrogen (secondary N) is 1. The van der Waals surface area contributed by atoms with Crippen LogP contribution in [0, 0.1) is 0 Å². The van der Waals surface area contributed by atoms with Crippen LogP contribution in [0.3, 0.4) is 0 Å². The summed E-state index contributed by atoms with van der Waals surface area (Å²) in [5.74, 6) is -1.02. The zero-order chi connectivity index (χ0) is 26.9. The largest absolute Gasteiger partial charge is 0.507 e. The number of halogens is 2. The fraction of sp³-hybridized carbons (Fsp3) is 0.450. The molecule has 2 N–H and O–H groups in total. The highest BCUT2D eigenvalue weighted by Gasteiger charge is 2.51. The van der Waals surface area contributed by atoms with Gasteiger partial charge in [0.25, 0.3) is 5.56 Å². The Labute approximate surface area is 184 Å². The Morgan fingerprint density at radius 2 is 2.00 bits per heavy atom. The van der Waals surface area contributed by atoms with Crippen molar-refractivity contribution in [3.05, 3.63) is 34.9 Å². The smallest absolute Gasteiger partial charge is 0.274 e. The SMILES string of the molecule is [2H]C([2H])([2H])N(c1cnc(-c2cc3cnn(C([2H])([2H])[2H])c(=O)c3cc2O)nn1)C1[C@H](F)C2CCC(N2)[C@@H]1F. The molecule has 162 valence electrons. The molecule has 31 heavy (non-hydrogen) atoms. The second-order valence-electron chi connectivity index (χ2n) is 7.66. The van der Waals surface area contributed by atoms with Crippen molar-refractivity contribution in [3.63, 3.8) is 0 Å². The van der Waals surface area contributed by atoms with E-state index in [1.165, 1.54) is 6.07 Å². The quantitative estimate of drug-likeness (QED) is 0.630. The first-order valence-electron chi connectivity index (χ1n) is 12.6. The van der Waals surface area contributed by atoms with Crippen molar-refractivity contribution in [2.75, 3.05) is 11.9 Å². The molecule has 1 aromatic carbocycles. The van der Waals surface area contributed by atoms with Gasteiger partial charge in [0.2, 0.25) is 0 Å². The number of hydrogen-bond donors (Lipinski definition) is 2. The maximum absolute atomic E-state index is 15.2. The van der Waals surface area contributed by atoms with Crippen molar-refractivity contribution in [2.45, 2.75) is 43.3 Å². The summed E-state index contributed by atoms with van der Waals surface area (Å²) in [5, 5.41) is 24.8. The minimum absolute atomic E-state index is 0.00790. The lowest BCUT2D eigenvalue weighted by molar-refractivity contribution is 0.0943. The molecule has 0 radical (unpaired) electrons. The van der Waals surface area contributed by atoms with Gasteiger partial charge in [0.15, 0.2) is 11.6 Å². The second-order valence-corrected chi connectivity index (χ2v) is 7.66. The number of nitrogens with zero attached hydrogens (tertiary/aromatic N) is 6.